The smallest absolute Gasteiger partial charge is 0.126 e. The molecule has 0 spiro atoms. The molecule has 1 heterocycles. The highest BCUT2D eigenvalue weighted by Crippen LogP contribution is 2.29. The molecule has 1 aliphatic heterocycles. The molecule has 0 N–H and O–H groups in total. The molecular formula is C17H26FN. The third-order valence-electron chi connectivity index (χ3n) is 3.86. The highest BCUT2D eigenvalue weighted by Gasteiger charge is 2.25. The van der Waals surface area contributed by atoms with Gasteiger partial charge in [0.25, 0.3) is 0 Å². The third kappa shape index (κ3) is 3.66. The summed E-state index contributed by atoms with van der Waals surface area (Å²) in [6.07, 6.45) is 0. The standard InChI is InChI=1S/C15H20FN.C2H6/c1-10-7-13(5-6-15(10)16)11(2)12(3)14-8-17(4)9-14;1-2/h5-7,14H,8-9H2,1-4H3;1-2H3/b12-11-;. The van der Waals surface area contributed by atoms with Crippen molar-refractivity contribution in [1.29, 1.82) is 0 Å². The van der Waals surface area contributed by atoms with Gasteiger partial charge < -0.3 is 4.90 Å². The summed E-state index contributed by atoms with van der Waals surface area (Å²) in [6.45, 7) is 12.4. The quantitative estimate of drug-likeness (QED) is 0.758. The Labute approximate surface area is 117 Å². The summed E-state index contributed by atoms with van der Waals surface area (Å²) in [5.74, 6) is 0.549. The van der Waals surface area contributed by atoms with Gasteiger partial charge in [-0.2, -0.15) is 0 Å². The van der Waals surface area contributed by atoms with Crippen LogP contribution in [0.5, 0.6) is 0 Å². The molecule has 0 aliphatic carbocycles. The van der Waals surface area contributed by atoms with Crippen molar-refractivity contribution in [1.82, 2.24) is 4.90 Å². The molecule has 0 saturated carbocycles. The molecule has 1 aliphatic rings. The van der Waals surface area contributed by atoms with Crippen LogP contribution in [0.25, 0.3) is 5.57 Å². The SMILES string of the molecule is C/C(=C(\C)C1CN(C)C1)c1ccc(F)c(C)c1.CC. The zero-order valence-corrected chi connectivity index (χ0v) is 13.0. The summed E-state index contributed by atoms with van der Waals surface area (Å²) in [7, 11) is 2.14. The first kappa shape index (κ1) is 15.9. The topological polar surface area (TPSA) is 3.24 Å². The maximum absolute atomic E-state index is 13.2. The molecule has 1 saturated heterocycles. The average Bonchev–Trinajstić information content (AvgIpc) is 2.39. The zero-order valence-electron chi connectivity index (χ0n) is 13.0. The molecule has 19 heavy (non-hydrogen) atoms. The number of aryl methyl sites for hydroxylation is 1. The van der Waals surface area contributed by atoms with Crippen molar-refractivity contribution in [2.75, 3.05) is 20.1 Å². The van der Waals surface area contributed by atoms with E-state index >= 15 is 0 Å². The number of benzene rings is 1. The molecule has 0 atom stereocenters. The Morgan fingerprint density at radius 2 is 1.79 bits per heavy atom. The summed E-state index contributed by atoms with van der Waals surface area (Å²) >= 11 is 0. The van der Waals surface area contributed by atoms with E-state index < -0.39 is 0 Å². The lowest BCUT2D eigenvalue weighted by Crippen LogP contribution is -2.44. The lowest BCUT2D eigenvalue weighted by molar-refractivity contribution is 0.162. The molecule has 2 heteroatoms. The molecule has 0 radical (unpaired) electrons. The fraction of sp³-hybridized carbons (Fsp3) is 0.529. The van der Waals surface area contributed by atoms with E-state index in [0.717, 1.165) is 24.2 Å². The van der Waals surface area contributed by atoms with Crippen LogP contribution in [0.1, 0.15) is 38.8 Å². The van der Waals surface area contributed by atoms with Crippen molar-refractivity contribution < 1.29 is 4.39 Å². The van der Waals surface area contributed by atoms with Gasteiger partial charge in [-0.1, -0.05) is 25.5 Å². The number of rotatable bonds is 2. The second-order valence-corrected chi connectivity index (χ2v) is 5.19. The van der Waals surface area contributed by atoms with Crippen LogP contribution < -0.4 is 0 Å². The van der Waals surface area contributed by atoms with E-state index in [4.69, 9.17) is 0 Å². The van der Waals surface area contributed by atoms with Gasteiger partial charge in [-0.3, -0.25) is 0 Å². The van der Waals surface area contributed by atoms with Crippen LogP contribution in [0.15, 0.2) is 23.8 Å². The number of halogens is 1. The lowest BCUT2D eigenvalue weighted by Gasteiger charge is -2.37. The lowest BCUT2D eigenvalue weighted by atomic mass is 9.87. The van der Waals surface area contributed by atoms with Gasteiger partial charge in [0.15, 0.2) is 0 Å². The van der Waals surface area contributed by atoms with Crippen molar-refractivity contribution in [3.63, 3.8) is 0 Å². The van der Waals surface area contributed by atoms with Gasteiger partial charge in [-0.15, -0.1) is 0 Å². The molecule has 1 aromatic rings. The minimum absolute atomic E-state index is 0.123. The first-order valence-electron chi connectivity index (χ1n) is 7.11. The Morgan fingerprint density at radius 3 is 2.26 bits per heavy atom. The molecular weight excluding hydrogens is 237 g/mol. The molecule has 1 fully saturated rings. The van der Waals surface area contributed by atoms with Crippen LogP contribution in [0.3, 0.4) is 0 Å². The molecule has 0 unspecified atom stereocenters. The molecule has 0 aromatic heterocycles. The van der Waals surface area contributed by atoms with Crippen molar-refractivity contribution in [3.8, 4) is 0 Å². The first-order valence-corrected chi connectivity index (χ1v) is 7.11. The zero-order chi connectivity index (χ0) is 14.6. The van der Waals surface area contributed by atoms with Gasteiger partial charge in [-0.25, -0.2) is 4.39 Å². The van der Waals surface area contributed by atoms with Crippen LogP contribution in [0, 0.1) is 18.7 Å². The van der Waals surface area contributed by atoms with Gasteiger partial charge in [0.05, 0.1) is 0 Å². The van der Waals surface area contributed by atoms with Gasteiger partial charge in [-0.05, 0) is 56.7 Å². The average molecular weight is 263 g/mol. The van der Waals surface area contributed by atoms with Crippen LogP contribution in [-0.4, -0.2) is 25.0 Å². The minimum atomic E-state index is -0.123. The Balaban J connectivity index is 0.000000861. The van der Waals surface area contributed by atoms with Crippen LogP contribution in [-0.2, 0) is 0 Å². The van der Waals surface area contributed by atoms with Gasteiger partial charge in [0, 0.05) is 19.0 Å². The van der Waals surface area contributed by atoms with E-state index in [9.17, 15) is 4.39 Å². The summed E-state index contributed by atoms with van der Waals surface area (Å²) in [4.78, 5) is 2.32. The van der Waals surface area contributed by atoms with Crippen molar-refractivity contribution in [2.45, 2.75) is 34.6 Å². The van der Waals surface area contributed by atoms with Crippen molar-refractivity contribution in [2.24, 2.45) is 5.92 Å². The maximum atomic E-state index is 13.2. The molecule has 106 valence electrons. The van der Waals surface area contributed by atoms with Crippen molar-refractivity contribution in [3.05, 3.63) is 40.7 Å². The summed E-state index contributed by atoms with van der Waals surface area (Å²) < 4.78 is 13.2. The molecule has 0 bridgehead atoms. The monoisotopic (exact) mass is 263 g/mol. The predicted octanol–water partition coefficient (Wildman–Crippen LogP) is 4.52. The highest BCUT2D eigenvalue weighted by molar-refractivity contribution is 5.67. The Hall–Kier alpha value is -1.15. The largest absolute Gasteiger partial charge is 0.305 e. The van der Waals surface area contributed by atoms with E-state index in [-0.39, 0.29) is 5.82 Å². The Kier molecular flexibility index (Phi) is 5.74. The molecule has 0 amide bonds. The Morgan fingerprint density at radius 1 is 1.21 bits per heavy atom. The summed E-state index contributed by atoms with van der Waals surface area (Å²) in [6, 6.07) is 5.38. The minimum Gasteiger partial charge on any atom is -0.305 e. The number of hydrogen-bond donors (Lipinski definition) is 0. The van der Waals surface area contributed by atoms with Crippen LogP contribution in [0.2, 0.25) is 0 Å². The summed E-state index contributed by atoms with van der Waals surface area (Å²) in [5, 5.41) is 0. The molecule has 1 nitrogen and oxygen atoms in total. The van der Waals surface area contributed by atoms with E-state index in [1.54, 1.807) is 6.07 Å². The molecule has 1 aromatic carbocycles. The molecule has 2 rings (SSSR count). The normalized spacial score (nSPS) is 17.2. The van der Waals surface area contributed by atoms with E-state index in [0.29, 0.717) is 5.92 Å². The van der Waals surface area contributed by atoms with Crippen LogP contribution in [0.4, 0.5) is 4.39 Å². The van der Waals surface area contributed by atoms with E-state index in [1.165, 1.54) is 11.1 Å². The number of hydrogen-bond acceptors (Lipinski definition) is 1. The predicted molar refractivity (Wildman–Crippen MR) is 81.7 cm³/mol. The fourth-order valence-electron chi connectivity index (χ4n) is 2.38. The second-order valence-electron chi connectivity index (χ2n) is 5.19. The highest BCUT2D eigenvalue weighted by atomic mass is 19.1. The number of nitrogens with zero attached hydrogens (tertiary/aromatic N) is 1. The number of allylic oxidation sites excluding steroid dienone is 1. The Bertz CT molecular complexity index is 456. The van der Waals surface area contributed by atoms with Gasteiger partial charge in [0.2, 0.25) is 0 Å². The second kappa shape index (κ2) is 6.85. The number of likely N-dealkylation sites (tertiary alicyclic amines) is 1. The van der Waals surface area contributed by atoms with Gasteiger partial charge in [0.1, 0.15) is 5.82 Å². The van der Waals surface area contributed by atoms with E-state index in [2.05, 4.69) is 25.8 Å². The van der Waals surface area contributed by atoms with Crippen molar-refractivity contribution >= 4 is 5.57 Å². The maximum Gasteiger partial charge on any atom is 0.126 e. The summed E-state index contributed by atoms with van der Waals surface area (Å²) in [5.41, 5.74) is 4.61. The van der Waals surface area contributed by atoms with Gasteiger partial charge >= 0.3 is 0 Å². The van der Waals surface area contributed by atoms with Crippen LogP contribution >= 0.6 is 0 Å². The van der Waals surface area contributed by atoms with E-state index in [1.807, 2.05) is 32.9 Å². The first-order chi connectivity index (χ1) is 8.99. The fourth-order valence-corrected chi connectivity index (χ4v) is 2.38. The third-order valence-corrected chi connectivity index (χ3v) is 3.86.